The normalized spacial score (nSPS) is 19.4. The highest BCUT2D eigenvalue weighted by atomic mass is 19.1. The smallest absolute Gasteiger partial charge is 0.141 e. The maximum absolute atomic E-state index is 12.9. The Hall–Kier alpha value is -1.00. The predicted octanol–water partition coefficient (Wildman–Crippen LogP) is 1.53. The molecule has 0 amide bonds. The molecule has 1 aliphatic heterocycles. The maximum atomic E-state index is 12.9. The molecule has 2 rings (SSSR count). The molecular weight excluding hydrogens is 205 g/mol. The Kier molecular flexibility index (Phi) is 3.21. The van der Waals surface area contributed by atoms with Gasteiger partial charge >= 0.3 is 0 Å². The maximum Gasteiger partial charge on any atom is 0.141 e. The molecule has 0 atom stereocenters. The third-order valence-corrected chi connectivity index (χ3v) is 2.99. The molecule has 0 bridgehead atoms. The van der Waals surface area contributed by atoms with Crippen LogP contribution < -0.4 is 5.73 Å². The molecule has 0 radical (unpaired) electrons. The Balaban J connectivity index is 1.85. The van der Waals surface area contributed by atoms with Gasteiger partial charge in [0, 0.05) is 31.4 Å². The van der Waals surface area contributed by atoms with E-state index in [0.717, 1.165) is 38.0 Å². The number of pyridine rings is 1. The summed E-state index contributed by atoms with van der Waals surface area (Å²) < 4.78 is 12.9. The lowest BCUT2D eigenvalue weighted by molar-refractivity contribution is 0.0566. The Labute approximate surface area is 95.5 Å². The Morgan fingerprint density at radius 1 is 1.50 bits per heavy atom. The molecule has 3 nitrogen and oxygen atoms in total. The standard InChI is InChI=1S/C12H18FN3/c1-2-3-12(14)8-16(9-12)7-10-4-11(13)6-15-5-10/h4-6H,2-3,7-9,14H2,1H3. The number of rotatable bonds is 4. The first-order valence-electron chi connectivity index (χ1n) is 5.72. The van der Waals surface area contributed by atoms with E-state index in [4.69, 9.17) is 5.73 Å². The van der Waals surface area contributed by atoms with Gasteiger partial charge in [0.15, 0.2) is 0 Å². The first-order valence-corrected chi connectivity index (χ1v) is 5.72. The minimum Gasteiger partial charge on any atom is -0.323 e. The summed E-state index contributed by atoms with van der Waals surface area (Å²) in [5.41, 5.74) is 7.05. The van der Waals surface area contributed by atoms with Crippen LogP contribution in [0.1, 0.15) is 25.3 Å². The van der Waals surface area contributed by atoms with Crippen LogP contribution >= 0.6 is 0 Å². The number of aromatic nitrogens is 1. The van der Waals surface area contributed by atoms with Crippen LogP contribution in [0, 0.1) is 5.82 Å². The highest BCUT2D eigenvalue weighted by Gasteiger charge is 2.37. The molecule has 0 unspecified atom stereocenters. The predicted molar refractivity (Wildman–Crippen MR) is 61.3 cm³/mol. The summed E-state index contributed by atoms with van der Waals surface area (Å²) in [6.45, 7) is 4.69. The number of nitrogens with zero attached hydrogens (tertiary/aromatic N) is 2. The lowest BCUT2D eigenvalue weighted by atomic mass is 9.86. The van der Waals surface area contributed by atoms with Gasteiger partial charge in [-0.3, -0.25) is 9.88 Å². The van der Waals surface area contributed by atoms with E-state index in [-0.39, 0.29) is 11.4 Å². The fourth-order valence-electron chi connectivity index (χ4n) is 2.41. The second-order valence-electron chi connectivity index (χ2n) is 4.77. The van der Waals surface area contributed by atoms with Crippen LogP contribution in [0.2, 0.25) is 0 Å². The van der Waals surface area contributed by atoms with E-state index in [1.165, 1.54) is 12.3 Å². The summed E-state index contributed by atoms with van der Waals surface area (Å²) in [7, 11) is 0. The number of hydrogen-bond acceptors (Lipinski definition) is 3. The van der Waals surface area contributed by atoms with Crippen molar-refractivity contribution >= 4 is 0 Å². The van der Waals surface area contributed by atoms with Gasteiger partial charge in [-0.25, -0.2) is 4.39 Å². The highest BCUT2D eigenvalue weighted by Crippen LogP contribution is 2.24. The first kappa shape index (κ1) is 11.5. The largest absolute Gasteiger partial charge is 0.323 e. The quantitative estimate of drug-likeness (QED) is 0.841. The average Bonchev–Trinajstić information content (AvgIpc) is 2.15. The van der Waals surface area contributed by atoms with Crippen LogP contribution in [0.5, 0.6) is 0 Å². The summed E-state index contributed by atoms with van der Waals surface area (Å²) in [5, 5.41) is 0. The van der Waals surface area contributed by atoms with Crippen LogP contribution in [0.3, 0.4) is 0 Å². The van der Waals surface area contributed by atoms with Crippen molar-refractivity contribution in [1.82, 2.24) is 9.88 Å². The van der Waals surface area contributed by atoms with Crippen molar-refractivity contribution in [3.05, 3.63) is 29.8 Å². The molecule has 1 fully saturated rings. The van der Waals surface area contributed by atoms with Crippen molar-refractivity contribution in [2.45, 2.75) is 31.8 Å². The van der Waals surface area contributed by atoms with Crippen molar-refractivity contribution < 1.29 is 4.39 Å². The van der Waals surface area contributed by atoms with Crippen LogP contribution in [0.15, 0.2) is 18.5 Å². The van der Waals surface area contributed by atoms with Gasteiger partial charge < -0.3 is 5.73 Å². The summed E-state index contributed by atoms with van der Waals surface area (Å²) in [6.07, 6.45) is 5.11. The number of likely N-dealkylation sites (tertiary alicyclic amines) is 1. The van der Waals surface area contributed by atoms with E-state index in [1.54, 1.807) is 6.20 Å². The highest BCUT2D eigenvalue weighted by molar-refractivity contribution is 5.12. The van der Waals surface area contributed by atoms with Gasteiger partial charge in [-0.05, 0) is 18.1 Å². The van der Waals surface area contributed by atoms with Gasteiger partial charge in [0.2, 0.25) is 0 Å². The van der Waals surface area contributed by atoms with Gasteiger partial charge in [0.25, 0.3) is 0 Å². The Bertz CT molecular complexity index is 361. The molecule has 1 aromatic rings. The summed E-state index contributed by atoms with van der Waals surface area (Å²) in [4.78, 5) is 6.06. The van der Waals surface area contributed by atoms with Crippen LogP contribution in [-0.4, -0.2) is 28.5 Å². The molecule has 2 N–H and O–H groups in total. The molecule has 88 valence electrons. The molecule has 0 aromatic carbocycles. The van der Waals surface area contributed by atoms with Gasteiger partial charge in [0.05, 0.1) is 6.20 Å². The van der Waals surface area contributed by atoms with Crippen molar-refractivity contribution in [1.29, 1.82) is 0 Å². The molecule has 1 saturated heterocycles. The van der Waals surface area contributed by atoms with E-state index >= 15 is 0 Å². The van der Waals surface area contributed by atoms with Gasteiger partial charge in [-0.15, -0.1) is 0 Å². The molecule has 0 spiro atoms. The SMILES string of the molecule is CCCC1(N)CN(Cc2cncc(F)c2)C1. The fraction of sp³-hybridized carbons (Fsp3) is 0.583. The summed E-state index contributed by atoms with van der Waals surface area (Å²) in [5.74, 6) is -0.273. The minimum absolute atomic E-state index is 0.0183. The average molecular weight is 223 g/mol. The van der Waals surface area contributed by atoms with Crippen LogP contribution in [0.4, 0.5) is 4.39 Å². The zero-order chi connectivity index (χ0) is 11.6. The summed E-state index contributed by atoms with van der Waals surface area (Å²) >= 11 is 0. The van der Waals surface area contributed by atoms with E-state index < -0.39 is 0 Å². The zero-order valence-electron chi connectivity index (χ0n) is 9.62. The lowest BCUT2D eigenvalue weighted by Gasteiger charge is -2.48. The van der Waals surface area contributed by atoms with Gasteiger partial charge in [-0.1, -0.05) is 13.3 Å². The first-order chi connectivity index (χ1) is 7.61. The molecular formula is C12H18FN3. The molecule has 16 heavy (non-hydrogen) atoms. The molecule has 1 aliphatic rings. The van der Waals surface area contributed by atoms with Crippen LogP contribution in [0.25, 0.3) is 0 Å². The third kappa shape index (κ3) is 2.57. The van der Waals surface area contributed by atoms with Crippen LogP contribution in [-0.2, 0) is 6.54 Å². The Morgan fingerprint density at radius 2 is 2.25 bits per heavy atom. The second-order valence-corrected chi connectivity index (χ2v) is 4.77. The van der Waals surface area contributed by atoms with Crippen molar-refractivity contribution in [3.63, 3.8) is 0 Å². The van der Waals surface area contributed by atoms with Gasteiger partial charge in [0.1, 0.15) is 5.82 Å². The van der Waals surface area contributed by atoms with Crippen molar-refractivity contribution in [2.75, 3.05) is 13.1 Å². The van der Waals surface area contributed by atoms with E-state index in [0.29, 0.717) is 0 Å². The minimum atomic E-state index is -0.273. The van der Waals surface area contributed by atoms with E-state index in [9.17, 15) is 4.39 Å². The fourth-order valence-corrected chi connectivity index (χ4v) is 2.41. The topological polar surface area (TPSA) is 42.1 Å². The molecule has 0 aliphatic carbocycles. The molecule has 1 aromatic heterocycles. The van der Waals surface area contributed by atoms with Gasteiger partial charge in [-0.2, -0.15) is 0 Å². The lowest BCUT2D eigenvalue weighted by Crippen LogP contribution is -2.66. The van der Waals surface area contributed by atoms with E-state index in [2.05, 4.69) is 16.8 Å². The zero-order valence-corrected chi connectivity index (χ0v) is 9.62. The summed E-state index contributed by atoms with van der Waals surface area (Å²) in [6, 6.07) is 1.53. The molecule has 0 saturated carbocycles. The number of nitrogens with two attached hydrogens (primary N) is 1. The number of halogens is 1. The third-order valence-electron chi connectivity index (χ3n) is 2.99. The van der Waals surface area contributed by atoms with Crippen molar-refractivity contribution in [3.8, 4) is 0 Å². The second kappa shape index (κ2) is 4.47. The van der Waals surface area contributed by atoms with Crippen molar-refractivity contribution in [2.24, 2.45) is 5.73 Å². The molecule has 4 heteroatoms. The molecule has 2 heterocycles. The van der Waals surface area contributed by atoms with E-state index in [1.807, 2.05) is 0 Å². The number of hydrogen-bond donors (Lipinski definition) is 1. The monoisotopic (exact) mass is 223 g/mol. The Morgan fingerprint density at radius 3 is 2.88 bits per heavy atom.